The van der Waals surface area contributed by atoms with Crippen LogP contribution in [0.2, 0.25) is 0 Å². The number of pyridine rings is 1. The van der Waals surface area contributed by atoms with Crippen molar-refractivity contribution in [2.24, 2.45) is 0 Å². The zero-order chi connectivity index (χ0) is 17.3. The fourth-order valence-corrected chi connectivity index (χ4v) is 3.01. The zero-order valence-corrected chi connectivity index (χ0v) is 14.4. The quantitative estimate of drug-likeness (QED) is 0.839. The maximum atomic E-state index is 12.0. The molecule has 2 heterocycles. The van der Waals surface area contributed by atoms with Crippen LogP contribution in [0.4, 0.5) is 0 Å². The Balaban J connectivity index is 1.38. The molecule has 1 aromatic carbocycles. The Morgan fingerprint density at radius 3 is 2.84 bits per heavy atom. The lowest BCUT2D eigenvalue weighted by molar-refractivity contribution is -0.122. The first-order chi connectivity index (χ1) is 12.3. The number of aromatic nitrogens is 1. The third-order valence-electron chi connectivity index (χ3n) is 4.36. The average Bonchev–Trinajstić information content (AvgIpc) is 2.67. The molecule has 5 nitrogen and oxygen atoms in total. The molecule has 1 aliphatic rings. The van der Waals surface area contributed by atoms with Gasteiger partial charge in [0, 0.05) is 45.0 Å². The van der Waals surface area contributed by atoms with E-state index in [2.05, 4.69) is 39.5 Å². The Hall–Kier alpha value is -2.24. The van der Waals surface area contributed by atoms with Crippen molar-refractivity contribution >= 4 is 5.91 Å². The number of benzene rings is 1. The molecule has 1 amide bonds. The monoisotopic (exact) mass is 339 g/mol. The molecule has 1 fully saturated rings. The average molecular weight is 339 g/mol. The minimum absolute atomic E-state index is 0.0554. The van der Waals surface area contributed by atoms with Crippen molar-refractivity contribution in [3.8, 4) is 0 Å². The number of nitrogens with zero attached hydrogens (tertiary/aromatic N) is 2. The van der Waals surface area contributed by atoms with Crippen LogP contribution in [0.5, 0.6) is 0 Å². The van der Waals surface area contributed by atoms with E-state index in [0.29, 0.717) is 26.0 Å². The van der Waals surface area contributed by atoms with Gasteiger partial charge in [-0.05, 0) is 23.6 Å². The second-order valence-electron chi connectivity index (χ2n) is 6.38. The van der Waals surface area contributed by atoms with Crippen molar-refractivity contribution in [2.75, 3.05) is 26.2 Å². The summed E-state index contributed by atoms with van der Waals surface area (Å²) in [7, 11) is 0. The van der Waals surface area contributed by atoms with Crippen molar-refractivity contribution in [3.05, 3.63) is 66.0 Å². The highest BCUT2D eigenvalue weighted by Crippen LogP contribution is 2.10. The Labute approximate surface area is 149 Å². The molecule has 0 radical (unpaired) electrons. The standard InChI is InChI=1S/C20H25N3O2/c24-20(9-8-17-7-4-10-21-13-17)22-14-19-16-23(11-12-25-19)15-18-5-2-1-3-6-18/h1-7,10,13,19H,8-9,11-12,14-16H2,(H,22,24). The van der Waals surface area contributed by atoms with E-state index in [1.165, 1.54) is 5.56 Å². The Morgan fingerprint density at radius 1 is 1.20 bits per heavy atom. The summed E-state index contributed by atoms with van der Waals surface area (Å²) in [5.74, 6) is 0.0626. The van der Waals surface area contributed by atoms with Crippen LogP contribution in [0.3, 0.4) is 0 Å². The summed E-state index contributed by atoms with van der Waals surface area (Å²) in [5, 5.41) is 3.00. The Bertz CT molecular complexity index is 649. The number of carbonyl (C=O) groups is 1. The third-order valence-corrected chi connectivity index (χ3v) is 4.36. The van der Waals surface area contributed by atoms with E-state index in [1.54, 1.807) is 12.4 Å². The summed E-state index contributed by atoms with van der Waals surface area (Å²) >= 11 is 0. The van der Waals surface area contributed by atoms with Crippen LogP contribution in [0.1, 0.15) is 17.5 Å². The number of nitrogens with one attached hydrogen (secondary N) is 1. The lowest BCUT2D eigenvalue weighted by atomic mass is 10.1. The van der Waals surface area contributed by atoms with Gasteiger partial charge in [0.15, 0.2) is 0 Å². The molecule has 0 aliphatic carbocycles. The van der Waals surface area contributed by atoms with Crippen LogP contribution >= 0.6 is 0 Å². The SMILES string of the molecule is O=C(CCc1cccnc1)NCC1CN(Cc2ccccc2)CCO1. The number of carbonyl (C=O) groups excluding carboxylic acids is 1. The van der Waals surface area contributed by atoms with Gasteiger partial charge in [-0.3, -0.25) is 14.7 Å². The van der Waals surface area contributed by atoms with E-state index in [9.17, 15) is 4.79 Å². The summed E-state index contributed by atoms with van der Waals surface area (Å²) in [5.41, 5.74) is 2.39. The molecule has 1 unspecified atom stereocenters. The second-order valence-corrected chi connectivity index (χ2v) is 6.38. The van der Waals surface area contributed by atoms with Gasteiger partial charge >= 0.3 is 0 Å². The molecule has 5 heteroatoms. The number of morpholine rings is 1. The van der Waals surface area contributed by atoms with Gasteiger partial charge in [0.2, 0.25) is 5.91 Å². The molecular weight excluding hydrogens is 314 g/mol. The Kier molecular flexibility index (Phi) is 6.54. The molecule has 3 rings (SSSR count). The van der Waals surface area contributed by atoms with Gasteiger partial charge in [0.1, 0.15) is 0 Å². The molecular formula is C20H25N3O2. The van der Waals surface area contributed by atoms with Crippen molar-refractivity contribution in [3.63, 3.8) is 0 Å². The highest BCUT2D eigenvalue weighted by atomic mass is 16.5. The minimum Gasteiger partial charge on any atom is -0.374 e. The second kappa shape index (κ2) is 9.30. The smallest absolute Gasteiger partial charge is 0.220 e. The van der Waals surface area contributed by atoms with Crippen LogP contribution in [-0.4, -0.2) is 48.1 Å². The fourth-order valence-electron chi connectivity index (χ4n) is 3.01. The maximum Gasteiger partial charge on any atom is 0.220 e. The molecule has 1 N–H and O–H groups in total. The van der Waals surface area contributed by atoms with Crippen LogP contribution in [0.25, 0.3) is 0 Å². The van der Waals surface area contributed by atoms with Gasteiger partial charge in [0.05, 0.1) is 12.7 Å². The van der Waals surface area contributed by atoms with Crippen molar-refractivity contribution in [2.45, 2.75) is 25.5 Å². The highest BCUT2D eigenvalue weighted by molar-refractivity contribution is 5.76. The molecule has 1 saturated heterocycles. The highest BCUT2D eigenvalue weighted by Gasteiger charge is 2.20. The summed E-state index contributed by atoms with van der Waals surface area (Å²) in [6.45, 7) is 3.98. The first-order valence-electron chi connectivity index (χ1n) is 8.83. The van der Waals surface area contributed by atoms with Gasteiger partial charge < -0.3 is 10.1 Å². The summed E-state index contributed by atoms with van der Waals surface area (Å²) < 4.78 is 5.79. The summed E-state index contributed by atoms with van der Waals surface area (Å²) in [4.78, 5) is 18.5. The van der Waals surface area contributed by atoms with E-state index < -0.39 is 0 Å². The predicted octanol–water partition coefficient (Wildman–Crippen LogP) is 2.03. The molecule has 0 spiro atoms. The minimum atomic E-state index is 0.0554. The lowest BCUT2D eigenvalue weighted by Gasteiger charge is -2.33. The number of hydrogen-bond acceptors (Lipinski definition) is 4. The maximum absolute atomic E-state index is 12.0. The van der Waals surface area contributed by atoms with Crippen molar-refractivity contribution in [1.82, 2.24) is 15.2 Å². The topological polar surface area (TPSA) is 54.5 Å². The van der Waals surface area contributed by atoms with Crippen molar-refractivity contribution < 1.29 is 9.53 Å². The summed E-state index contributed by atoms with van der Waals surface area (Å²) in [6.07, 6.45) is 4.79. The molecule has 25 heavy (non-hydrogen) atoms. The van der Waals surface area contributed by atoms with Crippen LogP contribution in [-0.2, 0) is 22.5 Å². The van der Waals surface area contributed by atoms with E-state index >= 15 is 0 Å². The van der Waals surface area contributed by atoms with Gasteiger partial charge in [0.25, 0.3) is 0 Å². The molecule has 0 bridgehead atoms. The van der Waals surface area contributed by atoms with Gasteiger partial charge in [-0.25, -0.2) is 0 Å². The van der Waals surface area contributed by atoms with E-state index in [-0.39, 0.29) is 12.0 Å². The summed E-state index contributed by atoms with van der Waals surface area (Å²) in [6, 6.07) is 14.3. The number of rotatable bonds is 7. The fraction of sp³-hybridized carbons (Fsp3) is 0.400. The molecule has 1 atom stereocenters. The third kappa shape index (κ3) is 5.96. The first-order valence-corrected chi connectivity index (χ1v) is 8.83. The molecule has 1 aliphatic heterocycles. The zero-order valence-electron chi connectivity index (χ0n) is 14.4. The van der Waals surface area contributed by atoms with E-state index in [4.69, 9.17) is 4.74 Å². The first kappa shape index (κ1) is 17.6. The van der Waals surface area contributed by atoms with Crippen LogP contribution in [0, 0.1) is 0 Å². The molecule has 1 aromatic heterocycles. The van der Waals surface area contributed by atoms with Gasteiger partial charge in [-0.2, -0.15) is 0 Å². The van der Waals surface area contributed by atoms with Crippen molar-refractivity contribution in [1.29, 1.82) is 0 Å². The predicted molar refractivity (Wildman–Crippen MR) is 97.0 cm³/mol. The number of hydrogen-bond donors (Lipinski definition) is 1. The molecule has 0 saturated carbocycles. The Morgan fingerprint density at radius 2 is 2.04 bits per heavy atom. The normalized spacial score (nSPS) is 18.0. The van der Waals surface area contributed by atoms with Crippen LogP contribution in [0.15, 0.2) is 54.9 Å². The number of amides is 1. The van der Waals surface area contributed by atoms with Gasteiger partial charge in [-0.1, -0.05) is 36.4 Å². The van der Waals surface area contributed by atoms with E-state index in [1.807, 2.05) is 18.2 Å². The largest absolute Gasteiger partial charge is 0.374 e. The lowest BCUT2D eigenvalue weighted by Crippen LogP contribution is -2.47. The van der Waals surface area contributed by atoms with Gasteiger partial charge in [-0.15, -0.1) is 0 Å². The molecule has 132 valence electrons. The molecule has 2 aromatic rings. The van der Waals surface area contributed by atoms with Crippen LogP contribution < -0.4 is 5.32 Å². The van der Waals surface area contributed by atoms with E-state index in [0.717, 1.165) is 25.2 Å². The number of ether oxygens (including phenoxy) is 1. The number of aryl methyl sites for hydroxylation is 1.